The molecular formula is C14H19ClO2. The first kappa shape index (κ1) is 14.2. The molecule has 1 unspecified atom stereocenters. The fourth-order valence-corrected chi connectivity index (χ4v) is 2.58. The zero-order chi connectivity index (χ0) is 13.1. The Morgan fingerprint density at radius 3 is 2.12 bits per heavy atom. The summed E-state index contributed by atoms with van der Waals surface area (Å²) >= 11 is 5.88. The largest absolute Gasteiger partial charge is 0.383 e. The van der Waals surface area contributed by atoms with Gasteiger partial charge in [-0.25, -0.2) is 0 Å². The summed E-state index contributed by atoms with van der Waals surface area (Å²) in [5.74, 6) is 0. The van der Waals surface area contributed by atoms with E-state index in [4.69, 9.17) is 16.3 Å². The second-order valence-electron chi connectivity index (χ2n) is 5.23. The van der Waals surface area contributed by atoms with E-state index in [2.05, 4.69) is 0 Å². The average molecular weight is 255 g/mol. The van der Waals surface area contributed by atoms with Crippen LogP contribution in [0.5, 0.6) is 0 Å². The molecule has 0 heterocycles. The molecule has 3 heteroatoms. The molecular weight excluding hydrogens is 236 g/mol. The number of ether oxygens (including phenoxy) is 1. The van der Waals surface area contributed by atoms with Gasteiger partial charge in [-0.15, -0.1) is 0 Å². The van der Waals surface area contributed by atoms with Crippen LogP contribution >= 0.6 is 11.6 Å². The molecule has 0 spiro atoms. The number of halogens is 1. The smallest absolute Gasteiger partial charge is 0.235 e. The first-order valence-electron chi connectivity index (χ1n) is 5.60. The minimum atomic E-state index is -0.815. The highest BCUT2D eigenvalue weighted by Crippen LogP contribution is 2.43. The summed E-state index contributed by atoms with van der Waals surface area (Å²) in [7, 11) is 1.59. The fraction of sp³-hybridized carbons (Fsp3) is 0.500. The third-order valence-electron chi connectivity index (χ3n) is 3.24. The molecule has 1 aromatic carbocycles. The minimum Gasteiger partial charge on any atom is -0.383 e. The normalized spacial score (nSPS) is 15.4. The molecule has 0 saturated carbocycles. The Hall–Kier alpha value is -0.860. The summed E-state index contributed by atoms with van der Waals surface area (Å²) in [5, 5.41) is -0.377. The van der Waals surface area contributed by atoms with E-state index in [0.29, 0.717) is 0 Å². The minimum absolute atomic E-state index is 0.281. The Kier molecular flexibility index (Phi) is 4.34. The Labute approximate surface area is 108 Å². The van der Waals surface area contributed by atoms with Crippen molar-refractivity contribution in [3.63, 3.8) is 0 Å². The van der Waals surface area contributed by atoms with Crippen molar-refractivity contribution in [2.24, 2.45) is 5.41 Å². The van der Waals surface area contributed by atoms with E-state index in [9.17, 15) is 4.79 Å². The molecule has 0 saturated heterocycles. The second kappa shape index (κ2) is 5.19. The summed E-state index contributed by atoms with van der Waals surface area (Å²) in [6.45, 7) is 6.28. The monoisotopic (exact) mass is 254 g/mol. The number of carbonyl (C=O) groups excluding carboxylic acids is 1. The summed E-state index contributed by atoms with van der Waals surface area (Å²) in [6, 6.07) is 9.58. The van der Waals surface area contributed by atoms with Crippen LogP contribution in [0, 0.1) is 5.41 Å². The van der Waals surface area contributed by atoms with Crippen LogP contribution in [0.1, 0.15) is 26.3 Å². The lowest BCUT2D eigenvalue weighted by Gasteiger charge is -2.41. The van der Waals surface area contributed by atoms with Gasteiger partial charge < -0.3 is 4.74 Å². The van der Waals surface area contributed by atoms with Crippen molar-refractivity contribution in [3.8, 4) is 0 Å². The third-order valence-corrected chi connectivity index (χ3v) is 3.57. The number of rotatable bonds is 4. The van der Waals surface area contributed by atoms with E-state index < -0.39 is 5.41 Å². The van der Waals surface area contributed by atoms with E-state index >= 15 is 0 Å². The van der Waals surface area contributed by atoms with Gasteiger partial charge in [-0.1, -0.05) is 51.1 Å². The van der Waals surface area contributed by atoms with Gasteiger partial charge in [-0.3, -0.25) is 4.79 Å². The predicted octanol–water partition coefficient (Wildman–Crippen LogP) is 3.38. The summed E-state index contributed by atoms with van der Waals surface area (Å²) in [4.78, 5) is 12.0. The van der Waals surface area contributed by atoms with Gasteiger partial charge in [-0.2, -0.15) is 0 Å². The zero-order valence-electron chi connectivity index (χ0n) is 10.8. The van der Waals surface area contributed by atoms with Gasteiger partial charge in [0.05, 0.1) is 12.0 Å². The van der Waals surface area contributed by atoms with Crippen LogP contribution in [0.15, 0.2) is 30.3 Å². The number of carbonyl (C=O) groups is 1. The number of benzene rings is 1. The lowest BCUT2D eigenvalue weighted by Crippen LogP contribution is -2.48. The van der Waals surface area contributed by atoms with Gasteiger partial charge >= 0.3 is 0 Å². The highest BCUT2D eigenvalue weighted by molar-refractivity contribution is 6.65. The third kappa shape index (κ3) is 2.53. The van der Waals surface area contributed by atoms with Crippen molar-refractivity contribution >= 4 is 16.8 Å². The molecule has 17 heavy (non-hydrogen) atoms. The van der Waals surface area contributed by atoms with Crippen molar-refractivity contribution in [3.05, 3.63) is 35.9 Å². The summed E-state index contributed by atoms with van der Waals surface area (Å²) in [5.41, 5.74) is -0.234. The van der Waals surface area contributed by atoms with Gasteiger partial charge in [0.15, 0.2) is 0 Å². The molecule has 2 nitrogen and oxygen atoms in total. The van der Waals surface area contributed by atoms with Crippen molar-refractivity contribution in [2.75, 3.05) is 13.7 Å². The quantitative estimate of drug-likeness (QED) is 0.770. The molecule has 94 valence electrons. The van der Waals surface area contributed by atoms with Crippen LogP contribution in [0.2, 0.25) is 0 Å². The van der Waals surface area contributed by atoms with Gasteiger partial charge in [0.1, 0.15) is 0 Å². The van der Waals surface area contributed by atoms with Crippen LogP contribution in [0.4, 0.5) is 0 Å². The van der Waals surface area contributed by atoms with Crippen LogP contribution in [0.25, 0.3) is 0 Å². The zero-order valence-corrected chi connectivity index (χ0v) is 11.5. The van der Waals surface area contributed by atoms with Crippen molar-refractivity contribution in [1.29, 1.82) is 0 Å². The molecule has 0 radical (unpaired) electrons. The van der Waals surface area contributed by atoms with Gasteiger partial charge in [0.25, 0.3) is 0 Å². The lowest BCUT2D eigenvalue weighted by atomic mass is 9.64. The predicted molar refractivity (Wildman–Crippen MR) is 70.3 cm³/mol. The van der Waals surface area contributed by atoms with Gasteiger partial charge in [0.2, 0.25) is 5.24 Å². The van der Waals surface area contributed by atoms with Crippen LogP contribution in [-0.4, -0.2) is 19.0 Å². The number of methoxy groups -OCH3 is 1. The fourth-order valence-electron chi connectivity index (χ4n) is 2.14. The molecule has 0 N–H and O–H groups in total. The summed E-state index contributed by atoms with van der Waals surface area (Å²) in [6.07, 6.45) is 0. The highest BCUT2D eigenvalue weighted by Gasteiger charge is 2.49. The van der Waals surface area contributed by atoms with Crippen molar-refractivity contribution in [1.82, 2.24) is 0 Å². The highest BCUT2D eigenvalue weighted by atomic mass is 35.5. The van der Waals surface area contributed by atoms with Gasteiger partial charge in [0, 0.05) is 7.11 Å². The maximum Gasteiger partial charge on any atom is 0.235 e. The number of hydrogen-bond donors (Lipinski definition) is 0. The van der Waals surface area contributed by atoms with E-state index in [0.717, 1.165) is 5.56 Å². The van der Waals surface area contributed by atoms with Crippen molar-refractivity contribution in [2.45, 2.75) is 26.2 Å². The lowest BCUT2D eigenvalue weighted by molar-refractivity contribution is -0.123. The maximum absolute atomic E-state index is 12.0. The van der Waals surface area contributed by atoms with E-state index in [1.54, 1.807) is 7.11 Å². The van der Waals surface area contributed by atoms with E-state index in [-0.39, 0.29) is 17.3 Å². The molecule has 0 aromatic heterocycles. The molecule has 0 bridgehead atoms. The van der Waals surface area contributed by atoms with E-state index in [1.807, 2.05) is 51.1 Å². The number of hydrogen-bond acceptors (Lipinski definition) is 2. The Balaban J connectivity index is 3.41. The summed E-state index contributed by atoms with van der Waals surface area (Å²) < 4.78 is 5.24. The molecule has 1 rings (SSSR count). The SMILES string of the molecule is COCC(C(=O)Cl)(c1ccccc1)C(C)(C)C. The Morgan fingerprint density at radius 1 is 1.24 bits per heavy atom. The van der Waals surface area contributed by atoms with Gasteiger partial charge in [-0.05, 0) is 22.6 Å². The second-order valence-corrected chi connectivity index (χ2v) is 5.57. The van der Waals surface area contributed by atoms with E-state index in [1.165, 1.54) is 0 Å². The Morgan fingerprint density at radius 2 is 1.76 bits per heavy atom. The molecule has 0 fully saturated rings. The molecule has 1 atom stereocenters. The van der Waals surface area contributed by atoms with Crippen LogP contribution in [0.3, 0.4) is 0 Å². The molecule has 0 aliphatic carbocycles. The topological polar surface area (TPSA) is 26.3 Å². The first-order chi connectivity index (χ1) is 7.86. The van der Waals surface area contributed by atoms with Crippen LogP contribution < -0.4 is 0 Å². The molecule has 0 amide bonds. The molecule has 0 aliphatic heterocycles. The maximum atomic E-state index is 12.0. The van der Waals surface area contributed by atoms with Crippen molar-refractivity contribution < 1.29 is 9.53 Å². The Bertz CT molecular complexity index is 381. The first-order valence-corrected chi connectivity index (χ1v) is 5.98. The van der Waals surface area contributed by atoms with Crippen LogP contribution in [-0.2, 0) is 14.9 Å². The molecule has 0 aliphatic rings. The average Bonchev–Trinajstić information content (AvgIpc) is 2.24. The standard InChI is InChI=1S/C14H19ClO2/c1-13(2,3)14(10-17-4,12(15)16)11-8-6-5-7-9-11/h5-9H,10H2,1-4H3. The molecule has 1 aromatic rings.